The smallest absolute Gasteiger partial charge is 0.162 e. The second kappa shape index (κ2) is 13.6. The Balaban J connectivity index is 0.000000885. The van der Waals surface area contributed by atoms with Crippen molar-refractivity contribution in [3.05, 3.63) is 60.2 Å². The van der Waals surface area contributed by atoms with Crippen molar-refractivity contribution >= 4 is 28.8 Å². The lowest BCUT2D eigenvalue weighted by Gasteiger charge is -2.40. The molecule has 3 N–H and O–H groups in total. The van der Waals surface area contributed by atoms with Gasteiger partial charge in [0.2, 0.25) is 0 Å². The lowest BCUT2D eigenvalue weighted by molar-refractivity contribution is 0.236. The molecule has 0 spiro atoms. The number of piperidine rings is 1. The van der Waals surface area contributed by atoms with Crippen LogP contribution in [0.5, 0.6) is 0 Å². The lowest BCUT2D eigenvalue weighted by atomic mass is 9.80. The Bertz CT molecular complexity index is 1490. The fourth-order valence-electron chi connectivity index (χ4n) is 5.89. The van der Waals surface area contributed by atoms with E-state index in [9.17, 15) is 0 Å². The summed E-state index contributed by atoms with van der Waals surface area (Å²) in [6.07, 6.45) is 18.3. The van der Waals surface area contributed by atoms with E-state index in [-0.39, 0.29) is 11.5 Å². The van der Waals surface area contributed by atoms with Crippen molar-refractivity contribution in [1.82, 2.24) is 30.3 Å². The van der Waals surface area contributed by atoms with Gasteiger partial charge in [-0.25, -0.2) is 15.0 Å². The molecule has 2 fully saturated rings. The molecule has 1 saturated carbocycles. The maximum absolute atomic E-state index is 5.17. The summed E-state index contributed by atoms with van der Waals surface area (Å²) in [4.78, 5) is 19.4. The number of hydrazone groups is 1. The second-order valence-electron chi connectivity index (χ2n) is 11.7. The molecule has 4 aliphatic rings. The molecular formula is C34H47N9. The number of aromatic nitrogens is 4. The predicted octanol–water partition coefficient (Wildman–Crippen LogP) is 6.74. The Labute approximate surface area is 256 Å². The molecule has 3 aromatic heterocycles. The normalized spacial score (nSPS) is 21.9. The number of hydrogen-bond acceptors (Lipinski definition) is 9. The summed E-state index contributed by atoms with van der Waals surface area (Å²) in [5.74, 6) is 2.95. The number of pyridine rings is 2. The summed E-state index contributed by atoms with van der Waals surface area (Å²) in [6.45, 7) is 15.5. The summed E-state index contributed by atoms with van der Waals surface area (Å²) >= 11 is 0. The molecule has 0 amide bonds. The van der Waals surface area contributed by atoms with Crippen LogP contribution < -0.4 is 16.0 Å². The van der Waals surface area contributed by atoms with E-state index < -0.39 is 0 Å². The minimum Gasteiger partial charge on any atom is -0.366 e. The van der Waals surface area contributed by atoms with Crippen molar-refractivity contribution in [1.29, 1.82) is 0 Å². The molecule has 9 heteroatoms. The SMILES string of the molecule is CC.CC.CC1(C)CNCCC1Nc1nc(-c2ccnc(NC3=CC4C=CC=NN4CC3)c2)nc2cncc(C3CC3)c12. The van der Waals surface area contributed by atoms with Crippen LogP contribution in [0, 0.1) is 5.41 Å². The number of anilines is 2. The van der Waals surface area contributed by atoms with Gasteiger partial charge in [-0.15, -0.1) is 0 Å². The zero-order valence-corrected chi connectivity index (χ0v) is 26.6. The molecule has 2 unspecified atom stereocenters. The Hall–Kier alpha value is -3.85. The molecule has 228 valence electrons. The van der Waals surface area contributed by atoms with Gasteiger partial charge in [0.1, 0.15) is 11.6 Å². The van der Waals surface area contributed by atoms with Gasteiger partial charge in [-0.2, -0.15) is 5.10 Å². The molecule has 1 aliphatic carbocycles. The van der Waals surface area contributed by atoms with Gasteiger partial charge in [0.25, 0.3) is 0 Å². The van der Waals surface area contributed by atoms with Gasteiger partial charge < -0.3 is 16.0 Å². The Kier molecular flexibility index (Phi) is 9.70. The molecule has 9 nitrogen and oxygen atoms in total. The minimum absolute atomic E-state index is 0.109. The molecule has 0 aromatic carbocycles. The highest BCUT2D eigenvalue weighted by Gasteiger charge is 2.34. The van der Waals surface area contributed by atoms with Crippen LogP contribution in [0.25, 0.3) is 22.3 Å². The van der Waals surface area contributed by atoms with E-state index in [0.717, 1.165) is 66.3 Å². The number of fused-ring (bicyclic) bond motifs is 2. The van der Waals surface area contributed by atoms with E-state index in [4.69, 9.17) is 9.97 Å². The quantitative estimate of drug-likeness (QED) is 0.294. The highest BCUT2D eigenvalue weighted by atomic mass is 15.5. The Morgan fingerprint density at radius 2 is 1.88 bits per heavy atom. The molecule has 1 saturated heterocycles. The molecule has 3 aliphatic heterocycles. The van der Waals surface area contributed by atoms with Gasteiger partial charge >= 0.3 is 0 Å². The van der Waals surface area contributed by atoms with Crippen LogP contribution in [0.15, 0.2) is 59.7 Å². The van der Waals surface area contributed by atoms with Crippen LogP contribution >= 0.6 is 0 Å². The van der Waals surface area contributed by atoms with Gasteiger partial charge in [-0.1, -0.05) is 47.6 Å². The zero-order chi connectivity index (χ0) is 30.4. The zero-order valence-electron chi connectivity index (χ0n) is 26.6. The van der Waals surface area contributed by atoms with Gasteiger partial charge in [-0.05, 0) is 67.0 Å². The summed E-state index contributed by atoms with van der Waals surface area (Å²) in [7, 11) is 0. The van der Waals surface area contributed by atoms with Crippen molar-refractivity contribution in [2.24, 2.45) is 10.5 Å². The van der Waals surface area contributed by atoms with E-state index in [0.29, 0.717) is 17.8 Å². The third-order valence-electron chi connectivity index (χ3n) is 8.34. The van der Waals surface area contributed by atoms with Crippen LogP contribution in [0.1, 0.15) is 78.7 Å². The lowest BCUT2D eigenvalue weighted by Crippen LogP contribution is -2.49. The molecule has 6 heterocycles. The molecule has 0 radical (unpaired) electrons. The number of allylic oxidation sites excluding steroid dienone is 1. The van der Waals surface area contributed by atoms with E-state index in [1.54, 1.807) is 0 Å². The van der Waals surface area contributed by atoms with Gasteiger partial charge in [0.15, 0.2) is 5.82 Å². The molecule has 3 aromatic rings. The fraction of sp³-hybridized carbons (Fsp3) is 0.500. The van der Waals surface area contributed by atoms with Crippen LogP contribution in [0.3, 0.4) is 0 Å². The summed E-state index contributed by atoms with van der Waals surface area (Å²) < 4.78 is 0. The third kappa shape index (κ3) is 6.88. The first-order valence-corrected chi connectivity index (χ1v) is 16.1. The third-order valence-corrected chi connectivity index (χ3v) is 8.34. The number of nitrogens with zero attached hydrogens (tertiary/aromatic N) is 6. The van der Waals surface area contributed by atoms with Crippen molar-refractivity contribution < 1.29 is 0 Å². The predicted molar refractivity (Wildman–Crippen MR) is 178 cm³/mol. The van der Waals surface area contributed by atoms with Gasteiger partial charge in [0.05, 0.1) is 17.8 Å². The summed E-state index contributed by atoms with van der Waals surface area (Å²) in [6, 6.07) is 4.52. The monoisotopic (exact) mass is 581 g/mol. The van der Waals surface area contributed by atoms with Gasteiger partial charge in [-0.3, -0.25) is 9.99 Å². The van der Waals surface area contributed by atoms with Crippen molar-refractivity contribution in [2.75, 3.05) is 30.3 Å². The number of rotatable bonds is 6. The van der Waals surface area contributed by atoms with E-state index in [2.05, 4.69) is 62.0 Å². The van der Waals surface area contributed by atoms with Crippen molar-refractivity contribution in [3.63, 3.8) is 0 Å². The standard InChI is InChI=1S/C30H35N9.2C2H6/c1-30(2)18-31-11-8-25(30)37-29-27-23(19-5-6-19)16-32-17-24(27)36-28(38-29)20-7-12-33-26(14-20)35-21-9-13-39-22(15-21)4-3-10-34-39;2*1-2/h3-4,7,10,12,14-17,19,22,25,31H,5-6,8-9,11,13,18H2,1-2H3,(H,33,35)(H,36,37,38);2*1-2H3. The average molecular weight is 582 g/mol. The highest BCUT2D eigenvalue weighted by molar-refractivity contribution is 5.93. The first-order valence-electron chi connectivity index (χ1n) is 16.1. The van der Waals surface area contributed by atoms with Crippen LogP contribution in [-0.4, -0.2) is 62.9 Å². The van der Waals surface area contributed by atoms with Crippen LogP contribution in [0.2, 0.25) is 0 Å². The number of hydrogen-bond donors (Lipinski definition) is 3. The fourth-order valence-corrected chi connectivity index (χ4v) is 5.89. The van der Waals surface area contributed by atoms with E-state index >= 15 is 0 Å². The number of nitrogens with one attached hydrogen (secondary N) is 3. The molecule has 43 heavy (non-hydrogen) atoms. The Morgan fingerprint density at radius 1 is 1.05 bits per heavy atom. The topological polar surface area (TPSA) is 103 Å². The summed E-state index contributed by atoms with van der Waals surface area (Å²) in [5.41, 5.74) is 4.35. The molecule has 2 atom stereocenters. The minimum atomic E-state index is 0.109. The molecular weight excluding hydrogens is 534 g/mol. The largest absolute Gasteiger partial charge is 0.366 e. The Morgan fingerprint density at radius 3 is 2.67 bits per heavy atom. The maximum atomic E-state index is 5.17. The van der Waals surface area contributed by atoms with Crippen LogP contribution in [0.4, 0.5) is 11.6 Å². The molecule has 7 rings (SSSR count). The second-order valence-corrected chi connectivity index (χ2v) is 11.7. The van der Waals surface area contributed by atoms with Crippen molar-refractivity contribution in [3.8, 4) is 11.4 Å². The maximum Gasteiger partial charge on any atom is 0.162 e. The van der Waals surface area contributed by atoms with E-state index in [1.807, 2.05) is 70.7 Å². The average Bonchev–Trinajstić information content (AvgIpc) is 3.89. The van der Waals surface area contributed by atoms with E-state index in [1.165, 1.54) is 18.4 Å². The first kappa shape index (κ1) is 30.6. The highest BCUT2D eigenvalue weighted by Crippen LogP contribution is 2.44. The first-order chi connectivity index (χ1) is 21.0. The van der Waals surface area contributed by atoms with Gasteiger partial charge in [0, 0.05) is 60.8 Å². The molecule has 0 bridgehead atoms. The van der Waals surface area contributed by atoms with Crippen LogP contribution in [-0.2, 0) is 0 Å². The van der Waals surface area contributed by atoms with Crippen molar-refractivity contribution in [2.45, 2.75) is 85.2 Å². The summed E-state index contributed by atoms with van der Waals surface area (Å²) in [5, 5.41) is 18.6.